The Balaban J connectivity index is 1.61. The summed E-state index contributed by atoms with van der Waals surface area (Å²) in [6, 6.07) is 0.921. The van der Waals surface area contributed by atoms with E-state index in [2.05, 4.69) is 35.2 Å². The van der Waals surface area contributed by atoms with Crippen LogP contribution in [0.15, 0.2) is 6.33 Å². The van der Waals surface area contributed by atoms with Crippen molar-refractivity contribution in [3.63, 3.8) is 0 Å². The van der Waals surface area contributed by atoms with Gasteiger partial charge in [0, 0.05) is 21.2 Å². The molecule has 0 bridgehead atoms. The lowest BCUT2D eigenvalue weighted by Gasteiger charge is -2.40. The lowest BCUT2D eigenvalue weighted by Crippen LogP contribution is -2.58. The number of hydrogen-bond donors (Lipinski definition) is 1. The first-order valence-corrected chi connectivity index (χ1v) is 14.3. The Hall–Kier alpha value is -1.46. The number of thioether (sulfide) groups is 1. The predicted octanol–water partition coefficient (Wildman–Crippen LogP) is 0.987. The fourth-order valence-corrected chi connectivity index (χ4v) is 6.00. The normalized spacial score (nSPS) is 26.9. The van der Waals surface area contributed by atoms with E-state index in [0.29, 0.717) is 26.1 Å². The Morgan fingerprint density at radius 1 is 1.43 bits per heavy atom. The van der Waals surface area contributed by atoms with E-state index in [1.165, 1.54) is 11.8 Å². The van der Waals surface area contributed by atoms with Crippen molar-refractivity contribution in [2.75, 3.05) is 19.8 Å². The first-order chi connectivity index (χ1) is 13.3. The number of esters is 1. The number of carbonyl (C=O) groups excluding carboxylic acids is 2. The molecule has 3 rings (SSSR count). The number of aliphatic hydroxyl groups is 1. The number of ether oxygens (including phenoxy) is 1. The highest BCUT2D eigenvalue weighted by atomic mass is 32.2. The maximum absolute atomic E-state index is 13.0. The van der Waals surface area contributed by atoms with Gasteiger partial charge in [-0.3, -0.25) is 9.59 Å². The van der Waals surface area contributed by atoms with Crippen LogP contribution in [0.25, 0.3) is 0 Å². The van der Waals surface area contributed by atoms with Gasteiger partial charge in [0.05, 0.1) is 24.5 Å². The summed E-state index contributed by atoms with van der Waals surface area (Å²) in [6.07, 6.45) is 3.83. The van der Waals surface area contributed by atoms with Crippen molar-refractivity contribution in [1.29, 1.82) is 0 Å². The third kappa shape index (κ3) is 4.57. The molecule has 1 unspecified atom stereocenters. The highest BCUT2D eigenvalue weighted by Gasteiger charge is 2.61. The first-order valence-electron chi connectivity index (χ1n) is 9.73. The molecule has 2 saturated heterocycles. The number of fused-ring (bicyclic) bond motifs is 1. The van der Waals surface area contributed by atoms with Crippen molar-refractivity contribution in [3.8, 4) is 0 Å². The van der Waals surface area contributed by atoms with Gasteiger partial charge >= 0.3 is 5.97 Å². The van der Waals surface area contributed by atoms with Crippen LogP contribution in [0, 0.1) is 5.92 Å². The Morgan fingerprint density at radius 2 is 2.21 bits per heavy atom. The molecule has 9 nitrogen and oxygen atoms in total. The summed E-state index contributed by atoms with van der Waals surface area (Å²) < 4.78 is 6.59. The second-order valence-electron chi connectivity index (χ2n) is 8.73. The average molecular weight is 428 g/mol. The van der Waals surface area contributed by atoms with Gasteiger partial charge in [-0.25, -0.2) is 4.68 Å². The minimum atomic E-state index is -1.30. The maximum Gasteiger partial charge on any atom is 0.324 e. The summed E-state index contributed by atoms with van der Waals surface area (Å²) in [7, 11) is -1.30. The van der Waals surface area contributed by atoms with Gasteiger partial charge < -0.3 is 14.7 Å². The quantitative estimate of drug-likeness (QED) is 0.255. The number of aryl methyl sites for hydroxylation is 1. The minimum absolute atomic E-state index is 0.0644. The van der Waals surface area contributed by atoms with Crippen LogP contribution < -0.4 is 0 Å². The fraction of sp³-hybridized carbons (Fsp3) is 0.824. The molecule has 0 radical (unpaired) electrons. The van der Waals surface area contributed by atoms with Crippen LogP contribution in [0.1, 0.15) is 19.3 Å². The minimum Gasteiger partial charge on any atom is -0.465 e. The van der Waals surface area contributed by atoms with Crippen LogP contribution in [0.2, 0.25) is 25.7 Å². The largest absolute Gasteiger partial charge is 0.465 e. The highest BCUT2D eigenvalue weighted by molar-refractivity contribution is 8.02. The highest BCUT2D eigenvalue weighted by Crippen LogP contribution is 2.52. The molecule has 2 aliphatic heterocycles. The molecule has 0 aliphatic carbocycles. The average Bonchev–Trinajstić information content (AvgIpc) is 3.25. The van der Waals surface area contributed by atoms with Crippen molar-refractivity contribution < 1.29 is 19.4 Å². The molecule has 1 aromatic rings. The van der Waals surface area contributed by atoms with Crippen molar-refractivity contribution in [1.82, 2.24) is 25.1 Å². The lowest BCUT2D eigenvalue weighted by molar-refractivity contribution is -0.154. The predicted molar refractivity (Wildman–Crippen MR) is 107 cm³/mol. The van der Waals surface area contributed by atoms with Gasteiger partial charge in [0.15, 0.2) is 0 Å². The molecule has 11 heteroatoms. The molecule has 2 aliphatic rings. The summed E-state index contributed by atoms with van der Waals surface area (Å²) in [5.74, 6) is -0.689. The third-order valence-corrected chi connectivity index (χ3v) is 8.77. The number of β-lactam (4-membered cyclic amide) rings is 1. The van der Waals surface area contributed by atoms with Crippen LogP contribution in [-0.2, 0) is 20.9 Å². The zero-order valence-electron chi connectivity index (χ0n) is 16.7. The standard InChI is InChI=1S/C17H29N5O4SSi/c1-28(2,3)9-8-26-16(25)17(6-4-5-7-21-12-18-19-20-21)11-22-14(24)13(10-23)15(22)27-17/h12-13,15,23H,4-11H2,1-3H3/t13-,15+,17?/m0/s1. The van der Waals surface area contributed by atoms with E-state index in [1.54, 1.807) is 15.9 Å². The van der Waals surface area contributed by atoms with Gasteiger partial charge in [0.25, 0.3) is 0 Å². The second-order valence-corrected chi connectivity index (χ2v) is 15.9. The summed E-state index contributed by atoms with van der Waals surface area (Å²) in [5.41, 5.74) is 0. The molecular formula is C17H29N5O4SSi. The van der Waals surface area contributed by atoms with E-state index in [-0.39, 0.29) is 23.9 Å². The first kappa shape index (κ1) is 21.3. The number of nitrogens with zero attached hydrogens (tertiary/aromatic N) is 5. The van der Waals surface area contributed by atoms with E-state index < -0.39 is 18.7 Å². The zero-order chi connectivity index (χ0) is 20.4. The molecule has 28 heavy (non-hydrogen) atoms. The van der Waals surface area contributed by atoms with Gasteiger partial charge in [-0.05, 0) is 35.7 Å². The molecule has 156 valence electrons. The zero-order valence-corrected chi connectivity index (χ0v) is 18.5. The van der Waals surface area contributed by atoms with Crippen LogP contribution in [-0.4, -0.2) is 80.0 Å². The number of hydrogen-bond acceptors (Lipinski definition) is 8. The van der Waals surface area contributed by atoms with Gasteiger partial charge in [-0.15, -0.1) is 16.9 Å². The molecular weight excluding hydrogens is 398 g/mol. The Labute approximate surface area is 170 Å². The molecule has 1 N–H and O–H groups in total. The van der Waals surface area contributed by atoms with Gasteiger partial charge in [-0.2, -0.15) is 0 Å². The molecule has 0 aromatic carbocycles. The molecule has 3 heterocycles. The Bertz CT molecular complexity index is 698. The topological polar surface area (TPSA) is 110 Å². The van der Waals surface area contributed by atoms with Crippen LogP contribution in [0.5, 0.6) is 0 Å². The lowest BCUT2D eigenvalue weighted by atomic mass is 9.95. The van der Waals surface area contributed by atoms with E-state index >= 15 is 0 Å². The number of unbranched alkanes of at least 4 members (excludes halogenated alkanes) is 1. The molecule has 2 fully saturated rings. The van der Waals surface area contributed by atoms with Crippen LogP contribution >= 0.6 is 11.8 Å². The van der Waals surface area contributed by atoms with E-state index in [4.69, 9.17) is 4.74 Å². The fourth-order valence-electron chi connectivity index (χ4n) is 3.52. The Morgan fingerprint density at radius 3 is 2.86 bits per heavy atom. The van der Waals surface area contributed by atoms with E-state index in [9.17, 15) is 14.7 Å². The third-order valence-electron chi connectivity index (χ3n) is 5.29. The van der Waals surface area contributed by atoms with Crippen LogP contribution in [0.3, 0.4) is 0 Å². The molecule has 0 spiro atoms. The smallest absolute Gasteiger partial charge is 0.324 e. The molecule has 0 saturated carbocycles. The number of tetrazole rings is 1. The number of aliphatic hydroxyl groups excluding tert-OH is 1. The number of rotatable bonds is 10. The summed E-state index contributed by atoms with van der Waals surface area (Å²) in [4.78, 5) is 26.9. The molecule has 1 amide bonds. The van der Waals surface area contributed by atoms with Crippen LogP contribution in [0.4, 0.5) is 0 Å². The summed E-state index contributed by atoms with van der Waals surface area (Å²) in [5, 5.41) is 20.4. The van der Waals surface area contributed by atoms with Crippen molar-refractivity contribution >= 4 is 31.7 Å². The molecule has 3 atom stereocenters. The van der Waals surface area contributed by atoms with Gasteiger partial charge in [0.1, 0.15) is 11.1 Å². The van der Waals surface area contributed by atoms with Crippen molar-refractivity contribution in [3.05, 3.63) is 6.33 Å². The van der Waals surface area contributed by atoms with Crippen molar-refractivity contribution in [2.45, 2.75) is 61.6 Å². The maximum atomic E-state index is 13.0. The monoisotopic (exact) mass is 427 g/mol. The number of carbonyl (C=O) groups is 2. The number of amides is 1. The SMILES string of the molecule is C[Si](C)(C)CCOC(=O)C1(CCCCn2cnnn2)CN2C(=O)[C@H](CO)[C@H]2S1. The summed E-state index contributed by atoms with van der Waals surface area (Å²) >= 11 is 1.49. The summed E-state index contributed by atoms with van der Waals surface area (Å²) in [6.45, 7) is 8.05. The van der Waals surface area contributed by atoms with Crippen molar-refractivity contribution in [2.24, 2.45) is 5.92 Å². The second kappa shape index (κ2) is 8.50. The van der Waals surface area contributed by atoms with E-state index in [0.717, 1.165) is 18.9 Å². The van der Waals surface area contributed by atoms with Gasteiger partial charge in [-0.1, -0.05) is 19.6 Å². The Kier molecular flexibility index (Phi) is 6.45. The molecule has 1 aromatic heterocycles. The van der Waals surface area contributed by atoms with Gasteiger partial charge in [0.2, 0.25) is 5.91 Å². The number of aromatic nitrogens is 4. The van der Waals surface area contributed by atoms with E-state index in [1.807, 2.05) is 0 Å².